The molecule has 0 aliphatic carbocycles. The third kappa shape index (κ3) is 5.14. The van der Waals surface area contributed by atoms with Crippen LogP contribution in [0.4, 0.5) is 10.5 Å². The largest absolute Gasteiger partial charge is 0.348 e. The molecule has 0 spiro atoms. The van der Waals surface area contributed by atoms with Crippen LogP contribution in [0.5, 0.6) is 0 Å². The van der Waals surface area contributed by atoms with Crippen molar-refractivity contribution in [1.29, 1.82) is 0 Å². The number of hydrogen-bond acceptors (Lipinski definition) is 3. The molecule has 0 aliphatic heterocycles. The summed E-state index contributed by atoms with van der Waals surface area (Å²) < 4.78 is 1.58. The number of urea groups is 1. The summed E-state index contributed by atoms with van der Waals surface area (Å²) in [7, 11) is 1.76. The summed E-state index contributed by atoms with van der Waals surface area (Å²) in [5, 5.41) is 12.3. The molecule has 0 aliphatic rings. The third-order valence-corrected chi connectivity index (χ3v) is 3.05. The zero-order chi connectivity index (χ0) is 16.8. The molecule has 0 saturated heterocycles. The molecule has 2 aromatic rings. The maximum atomic E-state index is 11.9. The monoisotopic (exact) mass is 315 g/mol. The molecule has 23 heavy (non-hydrogen) atoms. The number of benzene rings is 1. The van der Waals surface area contributed by atoms with Gasteiger partial charge < -0.3 is 16.0 Å². The van der Waals surface area contributed by atoms with Gasteiger partial charge >= 0.3 is 6.03 Å². The van der Waals surface area contributed by atoms with Gasteiger partial charge in [0.2, 0.25) is 0 Å². The van der Waals surface area contributed by atoms with Crippen molar-refractivity contribution in [2.75, 3.05) is 5.32 Å². The number of nitrogens with one attached hydrogen (secondary N) is 3. The summed E-state index contributed by atoms with van der Waals surface area (Å²) in [5.74, 6) is -0.170. The first-order chi connectivity index (χ1) is 10.9. The Bertz CT molecular complexity index is 676. The SMILES string of the molecule is CC(C)NC(=O)Nc1ccc(CNC(=O)c2cnn(C)c2)cc1. The molecule has 0 unspecified atom stereocenters. The highest BCUT2D eigenvalue weighted by Crippen LogP contribution is 2.09. The van der Waals surface area contributed by atoms with Crippen molar-refractivity contribution in [3.63, 3.8) is 0 Å². The zero-order valence-electron chi connectivity index (χ0n) is 13.5. The average molecular weight is 315 g/mol. The van der Waals surface area contributed by atoms with E-state index in [4.69, 9.17) is 0 Å². The van der Waals surface area contributed by atoms with E-state index in [0.29, 0.717) is 17.8 Å². The van der Waals surface area contributed by atoms with Gasteiger partial charge in [0.25, 0.3) is 5.91 Å². The lowest BCUT2D eigenvalue weighted by Crippen LogP contribution is -2.34. The van der Waals surface area contributed by atoms with Gasteiger partial charge in [-0.25, -0.2) is 4.79 Å². The van der Waals surface area contributed by atoms with Crippen LogP contribution in [0.2, 0.25) is 0 Å². The summed E-state index contributed by atoms with van der Waals surface area (Å²) >= 11 is 0. The predicted octanol–water partition coefficient (Wildman–Crippen LogP) is 1.88. The Morgan fingerprint density at radius 2 is 1.91 bits per heavy atom. The Morgan fingerprint density at radius 1 is 1.22 bits per heavy atom. The van der Waals surface area contributed by atoms with E-state index in [-0.39, 0.29) is 18.0 Å². The molecule has 2 rings (SSSR count). The summed E-state index contributed by atoms with van der Waals surface area (Å²) in [4.78, 5) is 23.5. The summed E-state index contributed by atoms with van der Waals surface area (Å²) in [6.07, 6.45) is 3.19. The molecule has 1 heterocycles. The first-order valence-corrected chi connectivity index (χ1v) is 7.37. The van der Waals surface area contributed by atoms with Crippen molar-refractivity contribution in [1.82, 2.24) is 20.4 Å². The summed E-state index contributed by atoms with van der Waals surface area (Å²) in [6.45, 7) is 4.20. The first kappa shape index (κ1) is 16.5. The number of aromatic nitrogens is 2. The van der Waals surface area contributed by atoms with Crippen molar-refractivity contribution in [2.24, 2.45) is 7.05 Å². The first-order valence-electron chi connectivity index (χ1n) is 7.37. The smallest absolute Gasteiger partial charge is 0.319 e. The lowest BCUT2D eigenvalue weighted by atomic mass is 10.2. The Hall–Kier alpha value is -2.83. The van der Waals surface area contributed by atoms with Gasteiger partial charge in [0.1, 0.15) is 0 Å². The van der Waals surface area contributed by atoms with E-state index in [1.165, 1.54) is 6.20 Å². The molecule has 7 heteroatoms. The number of amides is 3. The van der Waals surface area contributed by atoms with Crippen molar-refractivity contribution >= 4 is 17.6 Å². The van der Waals surface area contributed by atoms with Gasteiger partial charge in [0, 0.05) is 31.5 Å². The Labute approximate surface area is 135 Å². The number of hydrogen-bond donors (Lipinski definition) is 3. The lowest BCUT2D eigenvalue weighted by molar-refractivity contribution is 0.0951. The highest BCUT2D eigenvalue weighted by Gasteiger charge is 2.07. The summed E-state index contributed by atoms with van der Waals surface area (Å²) in [5.41, 5.74) is 2.17. The highest BCUT2D eigenvalue weighted by atomic mass is 16.2. The standard InChI is InChI=1S/C16H21N5O2/c1-11(2)19-16(23)20-14-6-4-12(5-7-14)8-17-15(22)13-9-18-21(3)10-13/h4-7,9-11H,8H2,1-3H3,(H,17,22)(H2,19,20,23). The zero-order valence-corrected chi connectivity index (χ0v) is 13.5. The number of anilines is 1. The van der Waals surface area contributed by atoms with Gasteiger partial charge in [0.05, 0.1) is 11.8 Å². The van der Waals surface area contributed by atoms with Crippen molar-refractivity contribution in [3.8, 4) is 0 Å². The molecule has 1 aromatic carbocycles. The normalized spacial score (nSPS) is 10.4. The molecule has 0 saturated carbocycles. The second-order valence-corrected chi connectivity index (χ2v) is 5.54. The van der Waals surface area contributed by atoms with Gasteiger partial charge in [-0.3, -0.25) is 9.48 Å². The van der Waals surface area contributed by atoms with Crippen LogP contribution in [0.1, 0.15) is 29.8 Å². The molecular weight excluding hydrogens is 294 g/mol. The van der Waals surface area contributed by atoms with E-state index in [9.17, 15) is 9.59 Å². The Morgan fingerprint density at radius 3 is 2.48 bits per heavy atom. The van der Waals surface area contributed by atoms with Crippen molar-refractivity contribution in [3.05, 3.63) is 47.8 Å². The van der Waals surface area contributed by atoms with E-state index in [1.54, 1.807) is 30.1 Å². The van der Waals surface area contributed by atoms with Gasteiger partial charge in [-0.05, 0) is 31.5 Å². The van der Waals surface area contributed by atoms with Crippen LogP contribution in [0, 0.1) is 0 Å². The summed E-state index contributed by atoms with van der Waals surface area (Å²) in [6, 6.07) is 7.15. The fraction of sp³-hybridized carbons (Fsp3) is 0.312. The van der Waals surface area contributed by atoms with Gasteiger partial charge in [-0.2, -0.15) is 5.10 Å². The van der Waals surface area contributed by atoms with Gasteiger partial charge in [-0.1, -0.05) is 12.1 Å². The maximum absolute atomic E-state index is 11.9. The van der Waals surface area contributed by atoms with Gasteiger partial charge in [-0.15, -0.1) is 0 Å². The number of carbonyl (C=O) groups excluding carboxylic acids is 2. The van der Waals surface area contributed by atoms with E-state index in [1.807, 2.05) is 26.0 Å². The highest BCUT2D eigenvalue weighted by molar-refractivity contribution is 5.93. The molecule has 3 amide bonds. The van der Waals surface area contributed by atoms with Crippen LogP contribution in [-0.2, 0) is 13.6 Å². The van der Waals surface area contributed by atoms with E-state index in [2.05, 4.69) is 21.0 Å². The van der Waals surface area contributed by atoms with E-state index < -0.39 is 0 Å². The fourth-order valence-corrected chi connectivity index (χ4v) is 1.96. The van der Waals surface area contributed by atoms with Crippen LogP contribution < -0.4 is 16.0 Å². The van der Waals surface area contributed by atoms with Crippen LogP contribution in [0.15, 0.2) is 36.7 Å². The Balaban J connectivity index is 1.85. The lowest BCUT2D eigenvalue weighted by Gasteiger charge is -2.10. The molecule has 122 valence electrons. The van der Waals surface area contributed by atoms with E-state index in [0.717, 1.165) is 5.56 Å². The molecule has 1 aromatic heterocycles. The molecule has 0 atom stereocenters. The minimum atomic E-state index is -0.238. The number of carbonyl (C=O) groups is 2. The molecule has 3 N–H and O–H groups in total. The molecule has 0 radical (unpaired) electrons. The minimum absolute atomic E-state index is 0.0805. The quantitative estimate of drug-likeness (QED) is 0.787. The second-order valence-electron chi connectivity index (χ2n) is 5.54. The maximum Gasteiger partial charge on any atom is 0.319 e. The van der Waals surface area contributed by atoms with Gasteiger partial charge in [0.15, 0.2) is 0 Å². The Kier molecular flexibility index (Phi) is 5.35. The van der Waals surface area contributed by atoms with E-state index >= 15 is 0 Å². The average Bonchev–Trinajstić information content (AvgIpc) is 2.92. The molecular formula is C16H21N5O2. The van der Waals surface area contributed by atoms with Crippen molar-refractivity contribution < 1.29 is 9.59 Å². The van der Waals surface area contributed by atoms with Crippen LogP contribution in [0.25, 0.3) is 0 Å². The number of nitrogens with zero attached hydrogens (tertiary/aromatic N) is 2. The molecule has 0 bridgehead atoms. The fourth-order valence-electron chi connectivity index (χ4n) is 1.96. The third-order valence-electron chi connectivity index (χ3n) is 3.05. The second kappa shape index (κ2) is 7.44. The predicted molar refractivity (Wildman–Crippen MR) is 88.1 cm³/mol. The van der Waals surface area contributed by atoms with Crippen molar-refractivity contribution in [2.45, 2.75) is 26.4 Å². The number of rotatable bonds is 5. The topological polar surface area (TPSA) is 88.1 Å². The molecule has 7 nitrogen and oxygen atoms in total. The minimum Gasteiger partial charge on any atom is -0.348 e. The molecule has 0 fully saturated rings. The van der Waals surface area contributed by atoms with Crippen LogP contribution in [-0.4, -0.2) is 27.8 Å². The van der Waals surface area contributed by atoms with Crippen LogP contribution in [0.3, 0.4) is 0 Å². The number of aryl methyl sites for hydroxylation is 1. The van der Waals surface area contributed by atoms with Crippen LogP contribution >= 0.6 is 0 Å².